The molecule has 0 aliphatic rings. The van der Waals surface area contributed by atoms with Gasteiger partial charge in [-0.3, -0.25) is 0 Å². The summed E-state index contributed by atoms with van der Waals surface area (Å²) < 4.78 is 0. The minimum Gasteiger partial charge on any atom is -0.550 e. The molecule has 8 heavy (non-hydrogen) atoms. The Morgan fingerprint density at radius 2 is 2.00 bits per heavy atom. The average molecular weight is 133 g/mol. The molecule has 0 aromatic rings. The maximum absolute atomic E-state index is 9.98. The first-order valence-corrected chi connectivity index (χ1v) is 2.96. The van der Waals surface area contributed by atoms with E-state index < -0.39 is 11.9 Å². The minimum atomic E-state index is -1.03. The fraction of sp³-hybridized carbons (Fsp3) is 0.800. The second-order valence-corrected chi connectivity index (χ2v) is 2.66. The second-order valence-electron chi connectivity index (χ2n) is 1.85. The number of carbonyl (C=O) groups excluding carboxylic acids is 1. The van der Waals surface area contributed by atoms with E-state index in [0.717, 1.165) is 0 Å². The molecule has 0 aliphatic heterocycles. The Balaban J connectivity index is 3.64. The molecule has 0 bridgehead atoms. The maximum atomic E-state index is 9.98. The van der Waals surface area contributed by atoms with Crippen molar-refractivity contribution >= 4 is 18.6 Å². The fourth-order valence-corrected chi connectivity index (χ4v) is 0.319. The lowest BCUT2D eigenvalue weighted by Gasteiger charge is -2.14. The zero-order valence-corrected chi connectivity index (χ0v) is 5.81. The Morgan fingerprint density at radius 1 is 1.62 bits per heavy atom. The van der Waals surface area contributed by atoms with Crippen LogP contribution in [0.2, 0.25) is 0 Å². The van der Waals surface area contributed by atoms with Crippen LogP contribution in [0.3, 0.4) is 0 Å². The molecule has 0 saturated carbocycles. The van der Waals surface area contributed by atoms with Crippen molar-refractivity contribution in [2.45, 2.75) is 19.1 Å². The number of carboxylic acid groups (broad SMARTS) is 1. The van der Waals surface area contributed by atoms with Crippen LogP contribution in [-0.4, -0.2) is 11.2 Å². The van der Waals surface area contributed by atoms with Gasteiger partial charge in [-0.05, 0) is 0 Å². The van der Waals surface area contributed by atoms with Crippen LogP contribution >= 0.6 is 12.6 Å². The topological polar surface area (TPSA) is 40.1 Å². The molecule has 48 valence electrons. The predicted octanol–water partition coefficient (Wildman–Crippen LogP) is -0.309. The molecule has 2 atom stereocenters. The summed E-state index contributed by atoms with van der Waals surface area (Å²) in [7, 11) is 0. The summed E-state index contributed by atoms with van der Waals surface area (Å²) in [6.07, 6.45) is 0. The van der Waals surface area contributed by atoms with E-state index in [9.17, 15) is 9.90 Å². The Hall–Kier alpha value is -0.180. The second kappa shape index (κ2) is 2.97. The van der Waals surface area contributed by atoms with Crippen molar-refractivity contribution in [2.24, 2.45) is 5.92 Å². The molecule has 0 N–H and O–H groups in total. The van der Waals surface area contributed by atoms with E-state index in [-0.39, 0.29) is 5.25 Å². The Kier molecular flexibility index (Phi) is 2.90. The summed E-state index contributed by atoms with van der Waals surface area (Å²) in [4.78, 5) is 9.98. The van der Waals surface area contributed by atoms with Crippen molar-refractivity contribution in [3.8, 4) is 0 Å². The van der Waals surface area contributed by atoms with Crippen LogP contribution in [0.4, 0.5) is 0 Å². The predicted molar refractivity (Wildman–Crippen MR) is 32.6 cm³/mol. The zero-order chi connectivity index (χ0) is 6.73. The number of thiol groups is 1. The molecule has 2 unspecified atom stereocenters. The van der Waals surface area contributed by atoms with Crippen LogP contribution in [0.1, 0.15) is 13.8 Å². The zero-order valence-electron chi connectivity index (χ0n) is 4.92. The molecule has 2 nitrogen and oxygen atoms in total. The number of rotatable bonds is 2. The molecular formula is C5H9O2S-. The molecule has 0 radical (unpaired) electrons. The third kappa shape index (κ3) is 2.21. The fourth-order valence-electron chi connectivity index (χ4n) is 0.197. The molecule has 0 amide bonds. The molecule has 0 aliphatic carbocycles. The van der Waals surface area contributed by atoms with Crippen LogP contribution < -0.4 is 5.11 Å². The average Bonchev–Trinajstić information content (AvgIpc) is 1.64. The van der Waals surface area contributed by atoms with Crippen molar-refractivity contribution in [3.05, 3.63) is 0 Å². The molecule has 0 fully saturated rings. The first-order valence-electron chi connectivity index (χ1n) is 2.44. The lowest BCUT2D eigenvalue weighted by molar-refractivity contribution is -0.310. The lowest BCUT2D eigenvalue weighted by Crippen LogP contribution is -2.33. The van der Waals surface area contributed by atoms with Crippen molar-refractivity contribution in [1.29, 1.82) is 0 Å². The molecule has 0 aromatic heterocycles. The summed E-state index contributed by atoms with van der Waals surface area (Å²) in [5.41, 5.74) is 0. The van der Waals surface area contributed by atoms with E-state index >= 15 is 0 Å². The van der Waals surface area contributed by atoms with E-state index in [1.54, 1.807) is 13.8 Å². The molecule has 0 saturated heterocycles. The summed E-state index contributed by atoms with van der Waals surface area (Å²) in [6, 6.07) is 0. The van der Waals surface area contributed by atoms with Crippen LogP contribution in [0.25, 0.3) is 0 Å². The van der Waals surface area contributed by atoms with Crippen molar-refractivity contribution in [1.82, 2.24) is 0 Å². The Morgan fingerprint density at radius 3 is 2.00 bits per heavy atom. The Bertz CT molecular complexity index is 90.4. The van der Waals surface area contributed by atoms with Crippen molar-refractivity contribution in [3.63, 3.8) is 0 Å². The van der Waals surface area contributed by atoms with Crippen LogP contribution in [0.15, 0.2) is 0 Å². The van der Waals surface area contributed by atoms with Gasteiger partial charge in [0, 0.05) is 17.1 Å². The first kappa shape index (κ1) is 7.82. The highest BCUT2D eigenvalue weighted by Gasteiger charge is 2.06. The van der Waals surface area contributed by atoms with Crippen LogP contribution in [0, 0.1) is 5.92 Å². The van der Waals surface area contributed by atoms with Crippen LogP contribution in [-0.2, 0) is 4.79 Å². The smallest absolute Gasteiger partial charge is 0.0453 e. The molecule has 3 heteroatoms. The molecule has 0 rings (SSSR count). The van der Waals surface area contributed by atoms with E-state index in [4.69, 9.17) is 0 Å². The monoisotopic (exact) mass is 133 g/mol. The normalized spacial score (nSPS) is 17.4. The molecular weight excluding hydrogens is 124 g/mol. The number of carbonyl (C=O) groups is 1. The summed E-state index contributed by atoms with van der Waals surface area (Å²) in [5, 5.41) is 9.86. The van der Waals surface area contributed by atoms with Crippen molar-refractivity contribution < 1.29 is 9.90 Å². The molecule has 0 aromatic carbocycles. The van der Waals surface area contributed by atoms with E-state index in [2.05, 4.69) is 12.6 Å². The lowest BCUT2D eigenvalue weighted by atomic mass is 10.1. The highest BCUT2D eigenvalue weighted by atomic mass is 32.1. The number of aliphatic carboxylic acids is 1. The van der Waals surface area contributed by atoms with Gasteiger partial charge in [0.25, 0.3) is 0 Å². The van der Waals surface area contributed by atoms with Gasteiger partial charge in [0.2, 0.25) is 0 Å². The van der Waals surface area contributed by atoms with Gasteiger partial charge in [0.1, 0.15) is 0 Å². The van der Waals surface area contributed by atoms with E-state index in [1.807, 2.05) is 0 Å². The van der Waals surface area contributed by atoms with Gasteiger partial charge in [-0.2, -0.15) is 12.6 Å². The standard InChI is InChI=1S/C5H10O2S/c1-3(4(2)8)5(6)7/h3-4,8H,1-2H3,(H,6,7)/p-1. The third-order valence-corrected chi connectivity index (χ3v) is 1.54. The number of carboxylic acids is 1. The highest BCUT2D eigenvalue weighted by molar-refractivity contribution is 7.81. The Labute approximate surface area is 54.3 Å². The van der Waals surface area contributed by atoms with Gasteiger partial charge in [-0.25, -0.2) is 0 Å². The number of hydrogen-bond donors (Lipinski definition) is 1. The van der Waals surface area contributed by atoms with Crippen LogP contribution in [0.5, 0.6) is 0 Å². The summed E-state index contributed by atoms with van der Waals surface area (Å²) in [5.74, 6) is -1.49. The first-order chi connectivity index (χ1) is 3.55. The quantitative estimate of drug-likeness (QED) is 0.525. The largest absolute Gasteiger partial charge is 0.550 e. The van der Waals surface area contributed by atoms with Gasteiger partial charge in [0.05, 0.1) is 0 Å². The van der Waals surface area contributed by atoms with E-state index in [1.165, 1.54) is 0 Å². The number of hydrogen-bond acceptors (Lipinski definition) is 3. The third-order valence-electron chi connectivity index (χ3n) is 1.10. The SMILES string of the molecule is CC(S)C(C)C(=O)[O-]. The van der Waals surface area contributed by atoms with Gasteiger partial charge in [-0.15, -0.1) is 0 Å². The highest BCUT2D eigenvalue weighted by Crippen LogP contribution is 2.06. The van der Waals surface area contributed by atoms with E-state index in [0.29, 0.717) is 0 Å². The maximum Gasteiger partial charge on any atom is 0.0453 e. The van der Waals surface area contributed by atoms with Gasteiger partial charge < -0.3 is 9.90 Å². The molecule has 0 heterocycles. The summed E-state index contributed by atoms with van der Waals surface area (Å²) >= 11 is 3.91. The summed E-state index contributed by atoms with van der Waals surface area (Å²) in [6.45, 7) is 3.30. The molecule has 0 spiro atoms. The van der Waals surface area contributed by atoms with Crippen molar-refractivity contribution in [2.75, 3.05) is 0 Å². The van der Waals surface area contributed by atoms with Gasteiger partial charge >= 0.3 is 0 Å². The minimum absolute atomic E-state index is 0.125. The van der Waals surface area contributed by atoms with Gasteiger partial charge in [0.15, 0.2) is 0 Å². The van der Waals surface area contributed by atoms with Gasteiger partial charge in [-0.1, -0.05) is 13.8 Å².